The number of benzene rings is 1. The highest BCUT2D eigenvalue weighted by atomic mass is 19.1. The van der Waals surface area contributed by atoms with E-state index < -0.39 is 0 Å². The van der Waals surface area contributed by atoms with Crippen molar-refractivity contribution in [3.63, 3.8) is 0 Å². The molecule has 0 spiro atoms. The summed E-state index contributed by atoms with van der Waals surface area (Å²) in [6, 6.07) is 4.60. The highest BCUT2D eigenvalue weighted by molar-refractivity contribution is 5.76. The quantitative estimate of drug-likeness (QED) is 0.709. The number of aryl methyl sites for hydroxylation is 1. The summed E-state index contributed by atoms with van der Waals surface area (Å²) in [5, 5.41) is 9.51. The van der Waals surface area contributed by atoms with Crippen LogP contribution in [0.25, 0.3) is 11.0 Å². The number of aliphatic hydroxyl groups is 1. The first kappa shape index (κ1) is 8.85. The molecule has 1 aromatic heterocycles. The number of halogens is 1. The van der Waals surface area contributed by atoms with E-state index in [0.717, 1.165) is 29.8 Å². The van der Waals surface area contributed by atoms with E-state index in [4.69, 9.17) is 0 Å². The van der Waals surface area contributed by atoms with Crippen molar-refractivity contribution in [1.82, 2.24) is 9.55 Å². The normalized spacial score (nSPS) is 20.5. The van der Waals surface area contributed by atoms with Crippen molar-refractivity contribution in [1.29, 1.82) is 0 Å². The summed E-state index contributed by atoms with van der Waals surface area (Å²) in [7, 11) is 0. The summed E-state index contributed by atoms with van der Waals surface area (Å²) in [4.78, 5) is 4.38. The van der Waals surface area contributed by atoms with E-state index in [1.54, 1.807) is 6.07 Å². The van der Waals surface area contributed by atoms with Crippen molar-refractivity contribution in [3.8, 4) is 0 Å². The first-order valence-electron chi connectivity index (χ1n) is 5.07. The second kappa shape index (κ2) is 3.03. The summed E-state index contributed by atoms with van der Waals surface area (Å²) in [5.74, 6) is 0.616. The topological polar surface area (TPSA) is 38.0 Å². The minimum Gasteiger partial charge on any atom is -0.393 e. The van der Waals surface area contributed by atoms with Gasteiger partial charge in [0.1, 0.15) is 11.6 Å². The molecule has 2 heterocycles. The lowest BCUT2D eigenvalue weighted by atomic mass is 10.1. The fraction of sp³-hybridized carbons (Fsp3) is 0.364. The van der Waals surface area contributed by atoms with Crippen LogP contribution in [-0.2, 0) is 13.0 Å². The second-order valence-electron chi connectivity index (χ2n) is 3.96. The van der Waals surface area contributed by atoms with Gasteiger partial charge in [-0.05, 0) is 24.6 Å². The minimum absolute atomic E-state index is 0.240. The fourth-order valence-electron chi connectivity index (χ4n) is 2.14. The van der Waals surface area contributed by atoms with Gasteiger partial charge in [0, 0.05) is 13.0 Å². The van der Waals surface area contributed by atoms with Gasteiger partial charge in [-0.1, -0.05) is 0 Å². The van der Waals surface area contributed by atoms with Crippen LogP contribution in [-0.4, -0.2) is 20.8 Å². The van der Waals surface area contributed by atoms with Crippen molar-refractivity contribution in [3.05, 3.63) is 29.8 Å². The fourth-order valence-corrected chi connectivity index (χ4v) is 2.14. The predicted molar refractivity (Wildman–Crippen MR) is 54.0 cm³/mol. The van der Waals surface area contributed by atoms with Crippen LogP contribution in [0.3, 0.4) is 0 Å². The molecule has 1 unspecified atom stereocenters. The maximum Gasteiger partial charge on any atom is 0.125 e. The van der Waals surface area contributed by atoms with Gasteiger partial charge >= 0.3 is 0 Å². The maximum absolute atomic E-state index is 13.1. The number of hydrogen-bond donors (Lipinski definition) is 1. The third-order valence-electron chi connectivity index (χ3n) is 2.89. The highest BCUT2D eigenvalue weighted by Gasteiger charge is 2.20. The van der Waals surface area contributed by atoms with Crippen molar-refractivity contribution in [2.45, 2.75) is 25.5 Å². The van der Waals surface area contributed by atoms with Gasteiger partial charge in [-0.3, -0.25) is 0 Å². The summed E-state index contributed by atoms with van der Waals surface area (Å²) >= 11 is 0. The lowest BCUT2D eigenvalue weighted by molar-refractivity contribution is 0.142. The zero-order valence-corrected chi connectivity index (χ0v) is 8.15. The van der Waals surface area contributed by atoms with Crippen molar-refractivity contribution in [2.24, 2.45) is 0 Å². The molecule has 3 rings (SSSR count). The molecule has 0 amide bonds. The molecule has 0 aliphatic carbocycles. The number of hydrogen-bond acceptors (Lipinski definition) is 2. The molecule has 0 fully saturated rings. The Morgan fingerprint density at radius 2 is 2.33 bits per heavy atom. The number of nitrogens with zero attached hydrogens (tertiary/aromatic N) is 2. The molecule has 78 valence electrons. The summed E-state index contributed by atoms with van der Waals surface area (Å²) < 4.78 is 15.1. The third kappa shape index (κ3) is 1.33. The molecule has 1 aromatic carbocycles. The molecule has 2 aromatic rings. The van der Waals surface area contributed by atoms with Gasteiger partial charge in [0.05, 0.1) is 17.1 Å². The second-order valence-corrected chi connectivity index (χ2v) is 3.96. The molecule has 1 N–H and O–H groups in total. The van der Waals surface area contributed by atoms with E-state index in [0.29, 0.717) is 6.42 Å². The van der Waals surface area contributed by atoms with Crippen LogP contribution in [0.4, 0.5) is 4.39 Å². The van der Waals surface area contributed by atoms with E-state index >= 15 is 0 Å². The van der Waals surface area contributed by atoms with Crippen LogP contribution in [0.1, 0.15) is 12.2 Å². The number of imidazole rings is 1. The van der Waals surface area contributed by atoms with Gasteiger partial charge in [0.15, 0.2) is 0 Å². The van der Waals surface area contributed by atoms with E-state index in [1.165, 1.54) is 12.1 Å². The number of aliphatic hydroxyl groups excluding tert-OH is 1. The highest BCUT2D eigenvalue weighted by Crippen LogP contribution is 2.22. The molecule has 3 nitrogen and oxygen atoms in total. The first-order valence-corrected chi connectivity index (χ1v) is 5.07. The van der Waals surface area contributed by atoms with E-state index in [2.05, 4.69) is 4.98 Å². The average molecular weight is 206 g/mol. The molecule has 4 heteroatoms. The van der Waals surface area contributed by atoms with Crippen LogP contribution in [0.15, 0.2) is 18.2 Å². The Morgan fingerprint density at radius 1 is 1.47 bits per heavy atom. The smallest absolute Gasteiger partial charge is 0.125 e. The zero-order valence-electron chi connectivity index (χ0n) is 8.15. The Bertz CT molecular complexity index is 521. The number of fused-ring (bicyclic) bond motifs is 3. The number of aromatic nitrogens is 2. The van der Waals surface area contributed by atoms with Crippen molar-refractivity contribution < 1.29 is 9.50 Å². The molecule has 1 aliphatic rings. The predicted octanol–water partition coefficient (Wildman–Crippen LogP) is 1.48. The molecule has 1 atom stereocenters. The molecule has 0 radical (unpaired) electrons. The molecular weight excluding hydrogens is 195 g/mol. The Kier molecular flexibility index (Phi) is 1.79. The third-order valence-corrected chi connectivity index (χ3v) is 2.89. The summed E-state index contributed by atoms with van der Waals surface area (Å²) in [6.07, 6.45) is 0.977. The SMILES string of the molecule is OC1CCn2c(nc3ccc(F)cc32)C1. The molecule has 0 bridgehead atoms. The average Bonchev–Trinajstić information content (AvgIpc) is 2.54. The molecular formula is C11H11FN2O. The van der Waals surface area contributed by atoms with E-state index in [-0.39, 0.29) is 11.9 Å². The van der Waals surface area contributed by atoms with Crippen LogP contribution in [0.2, 0.25) is 0 Å². The summed E-state index contributed by atoms with van der Waals surface area (Å²) in [5.41, 5.74) is 1.64. The van der Waals surface area contributed by atoms with Gasteiger partial charge < -0.3 is 9.67 Å². The van der Waals surface area contributed by atoms with Gasteiger partial charge in [-0.2, -0.15) is 0 Å². The van der Waals surface area contributed by atoms with E-state index in [1.807, 2.05) is 4.57 Å². The lowest BCUT2D eigenvalue weighted by Gasteiger charge is -2.19. The monoisotopic (exact) mass is 206 g/mol. The zero-order chi connectivity index (χ0) is 10.4. The van der Waals surface area contributed by atoms with Gasteiger partial charge in [-0.15, -0.1) is 0 Å². The molecule has 1 aliphatic heterocycles. The van der Waals surface area contributed by atoms with Crippen LogP contribution >= 0.6 is 0 Å². The van der Waals surface area contributed by atoms with Crippen LogP contribution in [0, 0.1) is 5.82 Å². The first-order chi connectivity index (χ1) is 7.24. The summed E-state index contributed by atoms with van der Waals surface area (Å²) in [6.45, 7) is 0.719. The Morgan fingerprint density at radius 3 is 3.20 bits per heavy atom. The largest absolute Gasteiger partial charge is 0.393 e. The van der Waals surface area contributed by atoms with Crippen LogP contribution in [0.5, 0.6) is 0 Å². The van der Waals surface area contributed by atoms with E-state index in [9.17, 15) is 9.50 Å². The lowest BCUT2D eigenvalue weighted by Crippen LogP contribution is -2.23. The Hall–Kier alpha value is -1.42. The Balaban J connectivity index is 2.24. The maximum atomic E-state index is 13.1. The van der Waals surface area contributed by atoms with Gasteiger partial charge in [-0.25, -0.2) is 9.37 Å². The van der Waals surface area contributed by atoms with Crippen LogP contribution < -0.4 is 0 Å². The van der Waals surface area contributed by atoms with Gasteiger partial charge in [0.25, 0.3) is 0 Å². The molecule has 0 saturated carbocycles. The molecule has 0 saturated heterocycles. The standard InChI is InChI=1S/C11H11FN2O/c12-7-1-2-9-10(5-7)14-4-3-8(15)6-11(14)13-9/h1-2,5,8,15H,3-4,6H2. The Labute approximate surface area is 86.2 Å². The van der Waals surface area contributed by atoms with Crippen molar-refractivity contribution in [2.75, 3.05) is 0 Å². The molecule has 15 heavy (non-hydrogen) atoms. The van der Waals surface area contributed by atoms with Gasteiger partial charge in [0.2, 0.25) is 0 Å². The number of rotatable bonds is 0. The van der Waals surface area contributed by atoms with Crippen molar-refractivity contribution >= 4 is 11.0 Å². The minimum atomic E-state index is -0.306.